The molecule has 1 aliphatic rings. The lowest BCUT2D eigenvalue weighted by molar-refractivity contribution is 0.217. The predicted molar refractivity (Wildman–Crippen MR) is 80.3 cm³/mol. The van der Waals surface area contributed by atoms with E-state index in [0.29, 0.717) is 0 Å². The minimum atomic E-state index is 0.737. The highest BCUT2D eigenvalue weighted by molar-refractivity contribution is 6.32. The van der Waals surface area contributed by atoms with Crippen LogP contribution in [-0.2, 0) is 0 Å². The molecule has 0 aliphatic carbocycles. The molecule has 0 saturated carbocycles. The normalized spacial score (nSPS) is 17.2. The molecule has 0 bridgehead atoms. The second-order valence-corrected chi connectivity index (χ2v) is 5.54. The fourth-order valence-electron chi connectivity index (χ4n) is 2.41. The third-order valence-electron chi connectivity index (χ3n) is 3.52. The molecule has 1 saturated heterocycles. The average Bonchev–Trinajstić information content (AvgIpc) is 2.64. The van der Waals surface area contributed by atoms with E-state index in [1.807, 2.05) is 26.0 Å². The van der Waals surface area contributed by atoms with Crippen LogP contribution in [-0.4, -0.2) is 44.2 Å². The number of nitrogens with zero attached hydrogens (tertiary/aromatic N) is 1. The fourth-order valence-corrected chi connectivity index (χ4v) is 2.52. The zero-order chi connectivity index (χ0) is 13.7. The third-order valence-corrected chi connectivity index (χ3v) is 4.12. The molecule has 3 nitrogen and oxygen atoms in total. The standard InChI is InChI=1S/C15H23ClN2O/c1-12-10-14(11-13(2)15(12)16)19-9-8-18-6-3-4-17-5-7-18/h10-11,17H,3-9H2,1-2H3. The lowest BCUT2D eigenvalue weighted by Gasteiger charge is -2.19. The van der Waals surface area contributed by atoms with Gasteiger partial charge < -0.3 is 10.1 Å². The van der Waals surface area contributed by atoms with Gasteiger partial charge in [0, 0.05) is 24.7 Å². The number of halogens is 1. The number of ether oxygens (including phenoxy) is 1. The van der Waals surface area contributed by atoms with Crippen molar-refractivity contribution in [1.82, 2.24) is 10.2 Å². The Labute approximate surface area is 120 Å². The molecule has 1 N–H and O–H groups in total. The van der Waals surface area contributed by atoms with Gasteiger partial charge in [-0.15, -0.1) is 0 Å². The maximum atomic E-state index is 6.15. The largest absolute Gasteiger partial charge is 0.492 e. The summed E-state index contributed by atoms with van der Waals surface area (Å²) in [7, 11) is 0. The summed E-state index contributed by atoms with van der Waals surface area (Å²) in [6.07, 6.45) is 1.22. The molecule has 1 aromatic carbocycles. The van der Waals surface area contributed by atoms with Gasteiger partial charge in [-0.2, -0.15) is 0 Å². The van der Waals surface area contributed by atoms with Crippen molar-refractivity contribution in [3.63, 3.8) is 0 Å². The van der Waals surface area contributed by atoms with Crippen molar-refractivity contribution in [3.8, 4) is 5.75 Å². The third kappa shape index (κ3) is 4.37. The number of rotatable bonds is 4. The van der Waals surface area contributed by atoms with Gasteiger partial charge in [0.15, 0.2) is 0 Å². The molecule has 19 heavy (non-hydrogen) atoms. The van der Waals surface area contributed by atoms with E-state index in [9.17, 15) is 0 Å². The molecule has 4 heteroatoms. The smallest absolute Gasteiger partial charge is 0.119 e. The molecular weight excluding hydrogens is 260 g/mol. The molecular formula is C15H23ClN2O. The lowest BCUT2D eigenvalue weighted by atomic mass is 10.1. The van der Waals surface area contributed by atoms with Crippen LogP contribution in [0.4, 0.5) is 0 Å². The van der Waals surface area contributed by atoms with E-state index in [2.05, 4.69) is 10.2 Å². The minimum absolute atomic E-state index is 0.737. The first-order valence-electron chi connectivity index (χ1n) is 6.99. The van der Waals surface area contributed by atoms with Gasteiger partial charge in [-0.3, -0.25) is 4.90 Å². The Morgan fingerprint density at radius 3 is 2.68 bits per heavy atom. The molecule has 1 aromatic rings. The summed E-state index contributed by atoms with van der Waals surface area (Å²) >= 11 is 6.15. The van der Waals surface area contributed by atoms with Crippen LogP contribution < -0.4 is 10.1 Å². The van der Waals surface area contributed by atoms with Crippen molar-refractivity contribution in [2.45, 2.75) is 20.3 Å². The Bertz CT molecular complexity index is 392. The molecule has 1 fully saturated rings. The summed E-state index contributed by atoms with van der Waals surface area (Å²) in [5.41, 5.74) is 2.16. The summed E-state index contributed by atoms with van der Waals surface area (Å²) < 4.78 is 5.85. The van der Waals surface area contributed by atoms with Crippen molar-refractivity contribution in [2.24, 2.45) is 0 Å². The lowest BCUT2D eigenvalue weighted by Crippen LogP contribution is -2.31. The molecule has 0 unspecified atom stereocenters. The van der Waals surface area contributed by atoms with Crippen LogP contribution >= 0.6 is 11.6 Å². The second kappa shape index (κ2) is 7.13. The van der Waals surface area contributed by atoms with Gasteiger partial charge in [0.05, 0.1) is 0 Å². The van der Waals surface area contributed by atoms with E-state index in [4.69, 9.17) is 16.3 Å². The van der Waals surface area contributed by atoms with Crippen molar-refractivity contribution >= 4 is 11.6 Å². The zero-order valence-corrected chi connectivity index (χ0v) is 12.6. The van der Waals surface area contributed by atoms with Crippen LogP contribution in [0.25, 0.3) is 0 Å². The molecule has 0 spiro atoms. The average molecular weight is 283 g/mol. The molecule has 106 valence electrons. The Balaban J connectivity index is 1.82. The number of hydrogen-bond donors (Lipinski definition) is 1. The number of nitrogens with one attached hydrogen (secondary N) is 1. The van der Waals surface area contributed by atoms with Crippen molar-refractivity contribution < 1.29 is 4.74 Å². The van der Waals surface area contributed by atoms with E-state index in [1.54, 1.807) is 0 Å². The molecule has 0 amide bonds. The predicted octanol–water partition coefficient (Wildman–Crippen LogP) is 2.63. The van der Waals surface area contributed by atoms with Gasteiger partial charge in [-0.05, 0) is 56.6 Å². The fraction of sp³-hybridized carbons (Fsp3) is 0.600. The van der Waals surface area contributed by atoms with Gasteiger partial charge in [-0.25, -0.2) is 0 Å². The summed E-state index contributed by atoms with van der Waals surface area (Å²) in [5.74, 6) is 0.923. The minimum Gasteiger partial charge on any atom is -0.492 e. The van der Waals surface area contributed by atoms with Gasteiger partial charge >= 0.3 is 0 Å². The number of benzene rings is 1. The van der Waals surface area contributed by atoms with Crippen LogP contribution in [0.1, 0.15) is 17.5 Å². The van der Waals surface area contributed by atoms with Crippen molar-refractivity contribution in [2.75, 3.05) is 39.3 Å². The number of aryl methyl sites for hydroxylation is 2. The highest BCUT2D eigenvalue weighted by atomic mass is 35.5. The van der Waals surface area contributed by atoms with Gasteiger partial charge in [0.25, 0.3) is 0 Å². The molecule has 0 aromatic heterocycles. The summed E-state index contributed by atoms with van der Waals surface area (Å²) in [6, 6.07) is 4.03. The molecule has 1 heterocycles. The molecule has 0 atom stereocenters. The monoisotopic (exact) mass is 282 g/mol. The Hall–Kier alpha value is -0.770. The maximum absolute atomic E-state index is 6.15. The summed E-state index contributed by atoms with van der Waals surface area (Å²) in [5, 5.41) is 4.25. The summed E-state index contributed by atoms with van der Waals surface area (Å²) in [4.78, 5) is 2.45. The first-order valence-corrected chi connectivity index (χ1v) is 7.37. The van der Waals surface area contributed by atoms with Gasteiger partial charge in [-0.1, -0.05) is 11.6 Å². The quantitative estimate of drug-likeness (QED) is 0.919. The van der Waals surface area contributed by atoms with Crippen molar-refractivity contribution in [3.05, 3.63) is 28.3 Å². The van der Waals surface area contributed by atoms with E-state index >= 15 is 0 Å². The highest BCUT2D eigenvalue weighted by Crippen LogP contribution is 2.25. The SMILES string of the molecule is Cc1cc(OCCN2CCCNCC2)cc(C)c1Cl. The van der Waals surface area contributed by atoms with Crippen LogP contribution in [0, 0.1) is 13.8 Å². The molecule has 2 rings (SSSR count). The van der Waals surface area contributed by atoms with E-state index < -0.39 is 0 Å². The van der Waals surface area contributed by atoms with Gasteiger partial charge in [0.2, 0.25) is 0 Å². The van der Waals surface area contributed by atoms with E-state index in [-0.39, 0.29) is 0 Å². The van der Waals surface area contributed by atoms with Crippen LogP contribution in [0.2, 0.25) is 5.02 Å². The van der Waals surface area contributed by atoms with Crippen LogP contribution in [0.3, 0.4) is 0 Å². The Kier molecular flexibility index (Phi) is 5.49. The number of hydrogen-bond acceptors (Lipinski definition) is 3. The van der Waals surface area contributed by atoms with E-state index in [1.165, 1.54) is 6.42 Å². The highest BCUT2D eigenvalue weighted by Gasteiger charge is 2.08. The van der Waals surface area contributed by atoms with Crippen LogP contribution in [0.5, 0.6) is 5.75 Å². The molecule has 1 aliphatic heterocycles. The molecule has 0 radical (unpaired) electrons. The first kappa shape index (κ1) is 14.6. The first-order chi connectivity index (χ1) is 9.16. The maximum Gasteiger partial charge on any atom is 0.119 e. The van der Waals surface area contributed by atoms with E-state index in [0.717, 1.165) is 61.2 Å². The summed E-state index contributed by atoms with van der Waals surface area (Å²) in [6.45, 7) is 10.2. The topological polar surface area (TPSA) is 24.5 Å². The van der Waals surface area contributed by atoms with Crippen LogP contribution in [0.15, 0.2) is 12.1 Å². The second-order valence-electron chi connectivity index (χ2n) is 5.16. The Morgan fingerprint density at radius 1 is 1.21 bits per heavy atom. The van der Waals surface area contributed by atoms with Crippen molar-refractivity contribution in [1.29, 1.82) is 0 Å². The zero-order valence-electron chi connectivity index (χ0n) is 11.8. The van der Waals surface area contributed by atoms with Gasteiger partial charge in [0.1, 0.15) is 12.4 Å². The Morgan fingerprint density at radius 2 is 1.95 bits per heavy atom.